The molecule has 2 heterocycles. The minimum Gasteiger partial charge on any atom is -0.413 e. The normalized spacial score (nSPS) is 15.6. The van der Waals surface area contributed by atoms with Crippen molar-refractivity contribution < 1.29 is 35.2 Å². The first-order valence-electron chi connectivity index (χ1n) is 11.0. The number of rotatable bonds is 5. The smallest absolute Gasteiger partial charge is 0.413 e. The van der Waals surface area contributed by atoms with E-state index in [9.17, 15) is 26.4 Å². The van der Waals surface area contributed by atoms with Crippen molar-refractivity contribution in [2.45, 2.75) is 26.1 Å². The van der Waals surface area contributed by atoms with Crippen LogP contribution in [0.3, 0.4) is 0 Å². The lowest BCUT2D eigenvalue weighted by atomic mass is 10.1. The summed E-state index contributed by atoms with van der Waals surface area (Å²) in [5.74, 6) is -3.14. The minimum atomic E-state index is -4.83. The quantitative estimate of drug-likeness (QED) is 0.460. The first-order valence-corrected chi connectivity index (χ1v) is 12.8. The number of aromatic nitrogens is 2. The summed E-state index contributed by atoms with van der Waals surface area (Å²) in [6, 6.07) is 10.2. The third kappa shape index (κ3) is 5.66. The highest BCUT2D eigenvalue weighted by Gasteiger charge is 2.38. The molecule has 36 heavy (non-hydrogen) atoms. The summed E-state index contributed by atoms with van der Waals surface area (Å²) >= 11 is 0. The zero-order valence-corrected chi connectivity index (χ0v) is 19.9. The monoisotopic (exact) mass is 526 g/mol. The summed E-state index contributed by atoms with van der Waals surface area (Å²) < 4.78 is 81.4. The Balaban J connectivity index is 1.61. The van der Waals surface area contributed by atoms with E-state index in [1.807, 2.05) is 19.1 Å². The third-order valence-electron chi connectivity index (χ3n) is 5.80. The maximum atomic E-state index is 15.0. The van der Waals surface area contributed by atoms with Crippen LogP contribution >= 0.6 is 0 Å². The van der Waals surface area contributed by atoms with Gasteiger partial charge in [0.25, 0.3) is 0 Å². The van der Waals surface area contributed by atoms with Gasteiger partial charge >= 0.3 is 18.1 Å². The molecule has 0 N–H and O–H groups in total. The van der Waals surface area contributed by atoms with Crippen molar-refractivity contribution >= 4 is 21.6 Å². The van der Waals surface area contributed by atoms with E-state index in [0.29, 0.717) is 5.69 Å². The highest BCUT2D eigenvalue weighted by molar-refractivity contribution is 7.91. The third-order valence-corrected chi connectivity index (χ3v) is 7.41. The van der Waals surface area contributed by atoms with E-state index < -0.39 is 39.6 Å². The van der Waals surface area contributed by atoms with E-state index in [2.05, 4.69) is 14.6 Å². The number of carbonyl (C=O) groups is 1. The molecule has 1 saturated heterocycles. The zero-order chi connectivity index (χ0) is 26.1. The molecule has 2 aromatic carbocycles. The van der Waals surface area contributed by atoms with Gasteiger partial charge in [-0.2, -0.15) is 13.2 Å². The number of alkyl halides is 3. The summed E-state index contributed by atoms with van der Waals surface area (Å²) in [4.78, 5) is 16.1. The van der Waals surface area contributed by atoms with Crippen molar-refractivity contribution in [3.63, 3.8) is 0 Å². The molecule has 0 spiro atoms. The number of benzene rings is 2. The number of sulfone groups is 1. The standard InChI is InChI=1S/C23H22F4N4O4S/c1-2-15-3-7-18(8-4-15)31(22(32)30-9-11-36(33,34)12-10-30)14-17-6-5-16(13-19(17)24)20-28-29-21(35-20)23(25,26)27/h3-8,13H,2,9-12,14H2,1H3. The summed E-state index contributed by atoms with van der Waals surface area (Å²) in [5, 5.41) is 6.26. The molecule has 0 bridgehead atoms. The average molecular weight is 527 g/mol. The van der Waals surface area contributed by atoms with Crippen LogP contribution < -0.4 is 4.90 Å². The van der Waals surface area contributed by atoms with Gasteiger partial charge in [0, 0.05) is 29.9 Å². The van der Waals surface area contributed by atoms with E-state index in [4.69, 9.17) is 0 Å². The molecule has 0 atom stereocenters. The molecule has 3 aromatic rings. The lowest BCUT2D eigenvalue weighted by molar-refractivity contribution is -0.156. The molecule has 1 aliphatic heterocycles. The molecule has 0 saturated carbocycles. The predicted octanol–water partition coefficient (Wildman–Crippen LogP) is 4.31. The van der Waals surface area contributed by atoms with Gasteiger partial charge in [-0.05, 0) is 36.2 Å². The molecular weight excluding hydrogens is 504 g/mol. The Hall–Kier alpha value is -3.48. The van der Waals surface area contributed by atoms with Crippen LogP contribution in [0.15, 0.2) is 46.9 Å². The van der Waals surface area contributed by atoms with Crippen LogP contribution in [0.1, 0.15) is 23.9 Å². The number of aryl methyl sites for hydroxylation is 1. The highest BCUT2D eigenvalue weighted by Crippen LogP contribution is 2.31. The van der Waals surface area contributed by atoms with Crippen molar-refractivity contribution in [3.05, 3.63) is 65.3 Å². The fourth-order valence-electron chi connectivity index (χ4n) is 3.69. The van der Waals surface area contributed by atoms with Gasteiger partial charge in [0.15, 0.2) is 9.84 Å². The van der Waals surface area contributed by atoms with E-state index in [1.54, 1.807) is 12.1 Å². The minimum absolute atomic E-state index is 0.0187. The van der Waals surface area contributed by atoms with Crippen LogP contribution in [-0.4, -0.2) is 54.1 Å². The summed E-state index contributed by atoms with van der Waals surface area (Å²) in [5.41, 5.74) is 1.56. The predicted molar refractivity (Wildman–Crippen MR) is 122 cm³/mol. The van der Waals surface area contributed by atoms with Gasteiger partial charge in [0.1, 0.15) is 5.82 Å². The molecule has 2 amide bonds. The number of hydrogen-bond donors (Lipinski definition) is 0. The van der Waals surface area contributed by atoms with Gasteiger partial charge in [-0.3, -0.25) is 4.90 Å². The van der Waals surface area contributed by atoms with E-state index in [0.717, 1.165) is 18.1 Å². The number of halogens is 4. The van der Waals surface area contributed by atoms with Gasteiger partial charge in [-0.25, -0.2) is 17.6 Å². The largest absolute Gasteiger partial charge is 0.470 e. The second kappa shape index (κ2) is 9.88. The van der Waals surface area contributed by atoms with Crippen LogP contribution in [0, 0.1) is 5.82 Å². The molecule has 13 heteroatoms. The Morgan fingerprint density at radius 1 is 1.08 bits per heavy atom. The first-order chi connectivity index (χ1) is 17.0. The van der Waals surface area contributed by atoms with E-state index in [-0.39, 0.29) is 42.3 Å². The van der Waals surface area contributed by atoms with Crippen LogP contribution in [0.4, 0.5) is 28.0 Å². The Bertz CT molecular complexity index is 1340. The maximum absolute atomic E-state index is 15.0. The van der Waals surface area contributed by atoms with Crippen LogP contribution in [0.25, 0.3) is 11.5 Å². The average Bonchev–Trinajstić information content (AvgIpc) is 3.34. The number of carbonyl (C=O) groups excluding carboxylic acids is 1. The first kappa shape index (κ1) is 25.6. The lowest BCUT2D eigenvalue weighted by Crippen LogP contribution is -2.49. The van der Waals surface area contributed by atoms with Crippen LogP contribution in [-0.2, 0) is 29.0 Å². The van der Waals surface area contributed by atoms with Crippen molar-refractivity contribution in [2.24, 2.45) is 0 Å². The summed E-state index contributed by atoms with van der Waals surface area (Å²) in [7, 11) is -3.22. The second-order valence-electron chi connectivity index (χ2n) is 8.24. The number of nitrogens with zero attached hydrogens (tertiary/aromatic N) is 4. The van der Waals surface area contributed by atoms with Crippen LogP contribution in [0.5, 0.6) is 0 Å². The SMILES string of the molecule is CCc1ccc(N(Cc2ccc(-c3nnc(C(F)(F)F)o3)cc2F)C(=O)N2CCS(=O)(=O)CC2)cc1. The number of amides is 2. The molecule has 0 aliphatic carbocycles. The van der Waals surface area contributed by atoms with Crippen molar-refractivity contribution in [1.29, 1.82) is 0 Å². The van der Waals surface area contributed by atoms with Crippen molar-refractivity contribution in [3.8, 4) is 11.5 Å². The maximum Gasteiger partial charge on any atom is 0.470 e. The lowest BCUT2D eigenvalue weighted by Gasteiger charge is -2.33. The Morgan fingerprint density at radius 3 is 2.31 bits per heavy atom. The van der Waals surface area contributed by atoms with Gasteiger partial charge in [-0.15, -0.1) is 10.2 Å². The van der Waals surface area contributed by atoms with Gasteiger partial charge in [-0.1, -0.05) is 25.1 Å². The number of urea groups is 1. The fourth-order valence-corrected chi connectivity index (χ4v) is 4.89. The molecule has 8 nitrogen and oxygen atoms in total. The van der Waals surface area contributed by atoms with Crippen molar-refractivity contribution in [1.82, 2.24) is 15.1 Å². The molecule has 0 unspecified atom stereocenters. The fraction of sp³-hybridized carbons (Fsp3) is 0.348. The van der Waals surface area contributed by atoms with Gasteiger partial charge in [0.2, 0.25) is 5.89 Å². The molecule has 192 valence electrons. The van der Waals surface area contributed by atoms with Gasteiger partial charge in [0.05, 0.1) is 18.1 Å². The van der Waals surface area contributed by atoms with E-state index in [1.165, 1.54) is 21.9 Å². The van der Waals surface area contributed by atoms with Crippen molar-refractivity contribution in [2.75, 3.05) is 29.5 Å². The Morgan fingerprint density at radius 2 is 1.75 bits per heavy atom. The Kier molecular flexibility index (Phi) is 7.03. The molecule has 1 aliphatic rings. The second-order valence-corrected chi connectivity index (χ2v) is 10.5. The highest BCUT2D eigenvalue weighted by atomic mass is 32.2. The molecule has 1 aromatic heterocycles. The zero-order valence-electron chi connectivity index (χ0n) is 19.1. The molecule has 1 fully saturated rings. The summed E-state index contributed by atoms with van der Waals surface area (Å²) in [6.07, 6.45) is -4.05. The molecule has 0 radical (unpaired) electrons. The van der Waals surface area contributed by atoms with Crippen LogP contribution in [0.2, 0.25) is 0 Å². The number of hydrogen-bond acceptors (Lipinski definition) is 6. The molecular formula is C23H22F4N4O4S. The topological polar surface area (TPSA) is 96.6 Å². The number of anilines is 1. The van der Waals surface area contributed by atoms with E-state index >= 15 is 4.39 Å². The Labute approximate surface area is 204 Å². The molecule has 4 rings (SSSR count). The van der Waals surface area contributed by atoms with Gasteiger partial charge < -0.3 is 9.32 Å². The summed E-state index contributed by atoms with van der Waals surface area (Å²) in [6.45, 7) is 1.82.